The molecule has 150 valence electrons. The monoisotopic (exact) mass is 388 g/mol. The van der Waals surface area contributed by atoms with E-state index in [1.165, 1.54) is 18.2 Å². The molecule has 2 N–H and O–H groups in total. The number of amides is 3. The van der Waals surface area contributed by atoms with Crippen LogP contribution in [0.4, 0.5) is 15.0 Å². The molecular formula is C20H25FN4O3. The summed E-state index contributed by atoms with van der Waals surface area (Å²) in [6.45, 7) is 3.13. The summed E-state index contributed by atoms with van der Waals surface area (Å²) in [6, 6.07) is 7.25. The zero-order valence-electron chi connectivity index (χ0n) is 15.9. The Bertz CT molecular complexity index is 823. The average molecular weight is 388 g/mol. The van der Waals surface area contributed by atoms with Gasteiger partial charge in [-0.25, -0.2) is 9.18 Å². The van der Waals surface area contributed by atoms with Crippen molar-refractivity contribution in [1.29, 1.82) is 0 Å². The molecule has 7 nitrogen and oxygen atoms in total. The number of nitrogens with one attached hydrogen (secondary N) is 2. The number of halogens is 1. The van der Waals surface area contributed by atoms with Gasteiger partial charge in [0.05, 0.1) is 0 Å². The van der Waals surface area contributed by atoms with E-state index < -0.39 is 6.03 Å². The van der Waals surface area contributed by atoms with Crippen molar-refractivity contribution in [3.8, 4) is 11.3 Å². The Morgan fingerprint density at radius 3 is 2.96 bits per heavy atom. The van der Waals surface area contributed by atoms with E-state index in [-0.39, 0.29) is 30.5 Å². The van der Waals surface area contributed by atoms with Gasteiger partial charge in [0.1, 0.15) is 5.82 Å². The summed E-state index contributed by atoms with van der Waals surface area (Å²) in [7, 11) is 0. The summed E-state index contributed by atoms with van der Waals surface area (Å²) in [6.07, 6.45) is 4.47. The maximum absolute atomic E-state index is 13.3. The number of hydrogen-bond acceptors (Lipinski definition) is 4. The van der Waals surface area contributed by atoms with Gasteiger partial charge in [0.15, 0.2) is 11.6 Å². The number of rotatable bonds is 6. The predicted octanol–water partition coefficient (Wildman–Crippen LogP) is 3.78. The summed E-state index contributed by atoms with van der Waals surface area (Å²) in [5.74, 6) is 0.248. The Morgan fingerprint density at radius 2 is 2.18 bits per heavy atom. The number of piperidine rings is 1. The SMILES string of the molecule is CCC1CCCCN1C(=O)CCNC(=O)Nc1cc(-c2cccc(F)c2)on1. The highest BCUT2D eigenvalue weighted by molar-refractivity contribution is 5.89. The number of urea groups is 1. The normalized spacial score (nSPS) is 16.6. The van der Waals surface area contributed by atoms with E-state index in [2.05, 4.69) is 22.7 Å². The fraction of sp³-hybridized carbons (Fsp3) is 0.450. The molecule has 0 aliphatic carbocycles. The van der Waals surface area contributed by atoms with Crippen molar-refractivity contribution in [3.05, 3.63) is 36.1 Å². The van der Waals surface area contributed by atoms with Crippen molar-refractivity contribution in [3.63, 3.8) is 0 Å². The molecule has 1 saturated heterocycles. The number of benzene rings is 1. The van der Waals surface area contributed by atoms with Crippen LogP contribution < -0.4 is 10.6 Å². The molecule has 0 spiro atoms. The molecule has 1 aromatic carbocycles. The molecule has 2 aromatic rings. The van der Waals surface area contributed by atoms with Crippen LogP contribution in [0.15, 0.2) is 34.9 Å². The number of likely N-dealkylation sites (tertiary alicyclic amines) is 1. The summed E-state index contributed by atoms with van der Waals surface area (Å²) >= 11 is 0. The van der Waals surface area contributed by atoms with E-state index in [9.17, 15) is 14.0 Å². The molecule has 0 bridgehead atoms. The van der Waals surface area contributed by atoms with E-state index in [1.807, 2.05) is 4.90 Å². The third-order valence-electron chi connectivity index (χ3n) is 4.90. The van der Waals surface area contributed by atoms with Gasteiger partial charge in [-0.15, -0.1) is 0 Å². The lowest BCUT2D eigenvalue weighted by atomic mass is 9.99. The molecule has 1 aliphatic heterocycles. The van der Waals surface area contributed by atoms with E-state index in [1.54, 1.807) is 12.1 Å². The van der Waals surface area contributed by atoms with Gasteiger partial charge in [-0.05, 0) is 37.8 Å². The molecule has 3 rings (SSSR count). The van der Waals surface area contributed by atoms with Crippen molar-refractivity contribution in [1.82, 2.24) is 15.4 Å². The topological polar surface area (TPSA) is 87.5 Å². The highest BCUT2D eigenvalue weighted by atomic mass is 19.1. The molecule has 1 atom stereocenters. The van der Waals surface area contributed by atoms with Crippen molar-refractivity contribution < 1.29 is 18.5 Å². The first-order valence-corrected chi connectivity index (χ1v) is 9.63. The molecule has 0 saturated carbocycles. The minimum absolute atomic E-state index is 0.0710. The summed E-state index contributed by atoms with van der Waals surface area (Å²) in [5, 5.41) is 8.95. The molecule has 8 heteroatoms. The maximum Gasteiger partial charge on any atom is 0.320 e. The van der Waals surface area contributed by atoms with Crippen LogP contribution in [-0.2, 0) is 4.79 Å². The van der Waals surface area contributed by atoms with Gasteiger partial charge >= 0.3 is 6.03 Å². The van der Waals surface area contributed by atoms with Crippen molar-refractivity contribution >= 4 is 17.8 Å². The van der Waals surface area contributed by atoms with Gasteiger partial charge in [-0.2, -0.15) is 0 Å². The van der Waals surface area contributed by atoms with Crippen LogP contribution in [0.25, 0.3) is 11.3 Å². The number of aromatic nitrogens is 1. The van der Waals surface area contributed by atoms with Gasteiger partial charge in [0.2, 0.25) is 5.91 Å². The van der Waals surface area contributed by atoms with Crippen molar-refractivity contribution in [2.24, 2.45) is 0 Å². The number of hydrogen-bond donors (Lipinski definition) is 2. The average Bonchev–Trinajstić information content (AvgIpc) is 3.16. The van der Waals surface area contributed by atoms with E-state index in [0.717, 1.165) is 32.2 Å². The summed E-state index contributed by atoms with van der Waals surface area (Å²) in [5.41, 5.74) is 0.526. The smallest absolute Gasteiger partial charge is 0.320 e. The Balaban J connectivity index is 1.45. The highest BCUT2D eigenvalue weighted by Gasteiger charge is 2.24. The van der Waals surface area contributed by atoms with Gasteiger partial charge in [-0.1, -0.05) is 24.2 Å². The molecule has 1 fully saturated rings. The number of anilines is 1. The summed E-state index contributed by atoms with van der Waals surface area (Å²) in [4.78, 5) is 26.3. The zero-order valence-corrected chi connectivity index (χ0v) is 15.9. The number of nitrogens with zero attached hydrogens (tertiary/aromatic N) is 2. The third kappa shape index (κ3) is 5.09. The summed E-state index contributed by atoms with van der Waals surface area (Å²) < 4.78 is 18.4. The lowest BCUT2D eigenvalue weighted by Gasteiger charge is -2.35. The fourth-order valence-corrected chi connectivity index (χ4v) is 3.45. The molecule has 28 heavy (non-hydrogen) atoms. The first kappa shape index (κ1) is 19.9. The minimum atomic E-state index is -0.474. The molecule has 1 aromatic heterocycles. The fourth-order valence-electron chi connectivity index (χ4n) is 3.45. The molecule has 2 heterocycles. The Kier molecular flexibility index (Phi) is 6.62. The van der Waals surface area contributed by atoms with Crippen molar-refractivity contribution in [2.75, 3.05) is 18.4 Å². The molecule has 0 radical (unpaired) electrons. The zero-order chi connectivity index (χ0) is 19.9. The lowest BCUT2D eigenvalue weighted by molar-refractivity contribution is -0.134. The van der Waals surface area contributed by atoms with Crippen LogP contribution >= 0.6 is 0 Å². The van der Waals surface area contributed by atoms with Gasteiger partial charge < -0.3 is 14.7 Å². The van der Waals surface area contributed by atoms with Crippen LogP contribution in [0.2, 0.25) is 0 Å². The molecule has 1 aliphatic rings. The van der Waals surface area contributed by atoms with E-state index in [4.69, 9.17) is 4.52 Å². The molecule has 3 amide bonds. The van der Waals surface area contributed by atoms with Crippen LogP contribution in [0.5, 0.6) is 0 Å². The largest absolute Gasteiger partial charge is 0.354 e. The van der Waals surface area contributed by atoms with Gasteiger partial charge in [0, 0.05) is 37.2 Å². The number of carbonyl (C=O) groups excluding carboxylic acids is 2. The van der Waals surface area contributed by atoms with Crippen LogP contribution in [0.3, 0.4) is 0 Å². The maximum atomic E-state index is 13.3. The second-order valence-corrected chi connectivity index (χ2v) is 6.86. The second-order valence-electron chi connectivity index (χ2n) is 6.86. The second kappa shape index (κ2) is 9.34. The third-order valence-corrected chi connectivity index (χ3v) is 4.90. The standard InChI is InChI=1S/C20H25FN4O3/c1-2-16-8-3-4-11-25(16)19(26)9-10-22-20(27)23-18-13-17(28-24-18)14-6-5-7-15(21)12-14/h5-7,12-13,16H,2-4,8-11H2,1H3,(H2,22,23,24,27). The number of carbonyl (C=O) groups is 2. The Labute approximate surface area is 163 Å². The minimum Gasteiger partial charge on any atom is -0.354 e. The van der Waals surface area contributed by atoms with Crippen LogP contribution in [-0.4, -0.2) is 41.1 Å². The van der Waals surface area contributed by atoms with Gasteiger partial charge in [0.25, 0.3) is 0 Å². The van der Waals surface area contributed by atoms with Crippen LogP contribution in [0.1, 0.15) is 39.0 Å². The predicted molar refractivity (Wildman–Crippen MR) is 103 cm³/mol. The molecular weight excluding hydrogens is 363 g/mol. The Hall–Kier alpha value is -2.90. The highest BCUT2D eigenvalue weighted by Crippen LogP contribution is 2.23. The lowest BCUT2D eigenvalue weighted by Crippen LogP contribution is -2.44. The van der Waals surface area contributed by atoms with Crippen LogP contribution in [0, 0.1) is 5.82 Å². The first-order valence-electron chi connectivity index (χ1n) is 9.63. The van der Waals surface area contributed by atoms with E-state index in [0.29, 0.717) is 17.4 Å². The Morgan fingerprint density at radius 1 is 1.32 bits per heavy atom. The van der Waals surface area contributed by atoms with Crippen molar-refractivity contribution in [2.45, 2.75) is 45.1 Å². The quantitative estimate of drug-likeness (QED) is 0.788. The molecule has 1 unspecified atom stereocenters. The van der Waals surface area contributed by atoms with E-state index >= 15 is 0 Å². The first-order chi connectivity index (χ1) is 13.6. The van der Waals surface area contributed by atoms with Gasteiger partial charge in [-0.3, -0.25) is 10.1 Å².